The lowest BCUT2D eigenvalue weighted by atomic mass is 10.0. The highest BCUT2D eigenvalue weighted by Gasteiger charge is 2.30. The number of nitrogens with two attached hydrogens (primary N) is 1. The van der Waals surface area contributed by atoms with Gasteiger partial charge in [0.2, 0.25) is 0 Å². The number of phenolic OH excluding ortho intramolecular Hbond substituents is 1. The van der Waals surface area contributed by atoms with Crippen LogP contribution in [0.3, 0.4) is 0 Å². The Hall–Kier alpha value is -0.730. The Labute approximate surface area is 82.3 Å². The van der Waals surface area contributed by atoms with Crippen molar-refractivity contribution in [3.8, 4) is 5.75 Å². The van der Waals surface area contributed by atoms with Gasteiger partial charge in [-0.25, -0.2) is 0 Å². The van der Waals surface area contributed by atoms with E-state index in [0.29, 0.717) is 10.9 Å². The molecule has 13 heavy (non-hydrogen) atoms. The maximum Gasteiger partial charge on any atom is 0.116 e. The summed E-state index contributed by atoms with van der Waals surface area (Å²) in [5.41, 5.74) is 6.84. The molecule has 0 heterocycles. The zero-order valence-electron chi connectivity index (χ0n) is 7.20. The molecule has 2 rings (SSSR count). The van der Waals surface area contributed by atoms with Crippen LogP contribution in [0.1, 0.15) is 24.4 Å². The molecule has 2 nitrogen and oxygen atoms in total. The fourth-order valence-corrected chi connectivity index (χ4v) is 1.74. The molecule has 0 bridgehead atoms. The third-order valence-corrected chi connectivity index (χ3v) is 2.81. The summed E-state index contributed by atoms with van der Waals surface area (Å²) in [7, 11) is 0. The summed E-state index contributed by atoms with van der Waals surface area (Å²) in [6.07, 6.45) is 2.35. The maximum atomic E-state index is 9.27. The second-order valence-corrected chi connectivity index (χ2v) is 3.98. The monoisotopic (exact) mass is 197 g/mol. The highest BCUT2D eigenvalue weighted by molar-refractivity contribution is 6.31. The van der Waals surface area contributed by atoms with E-state index in [1.807, 2.05) is 0 Å². The van der Waals surface area contributed by atoms with E-state index < -0.39 is 0 Å². The summed E-state index contributed by atoms with van der Waals surface area (Å²) < 4.78 is 0. The minimum atomic E-state index is -0.0143. The molecular weight excluding hydrogens is 186 g/mol. The summed E-state index contributed by atoms with van der Waals surface area (Å²) in [6.45, 7) is 0. The van der Waals surface area contributed by atoms with Crippen molar-refractivity contribution < 1.29 is 5.11 Å². The van der Waals surface area contributed by atoms with Gasteiger partial charge in [0.15, 0.2) is 0 Å². The van der Waals surface area contributed by atoms with Gasteiger partial charge in [-0.3, -0.25) is 0 Å². The summed E-state index contributed by atoms with van der Waals surface area (Å²) in [5.74, 6) is 0.787. The van der Waals surface area contributed by atoms with Gasteiger partial charge in [-0.1, -0.05) is 11.6 Å². The molecule has 0 aliphatic heterocycles. The van der Waals surface area contributed by atoms with Gasteiger partial charge in [-0.05, 0) is 42.5 Å². The Morgan fingerprint density at radius 3 is 2.77 bits per heavy atom. The van der Waals surface area contributed by atoms with Crippen LogP contribution < -0.4 is 5.73 Å². The van der Waals surface area contributed by atoms with E-state index in [4.69, 9.17) is 17.3 Å². The van der Waals surface area contributed by atoms with Crippen LogP contribution in [-0.2, 0) is 0 Å². The summed E-state index contributed by atoms with van der Waals surface area (Å²) >= 11 is 5.97. The Balaban J connectivity index is 2.31. The van der Waals surface area contributed by atoms with Crippen LogP contribution in [0.25, 0.3) is 0 Å². The third kappa shape index (κ3) is 1.79. The molecule has 1 saturated carbocycles. The Morgan fingerprint density at radius 2 is 2.15 bits per heavy atom. The van der Waals surface area contributed by atoms with Gasteiger partial charge in [-0.15, -0.1) is 0 Å². The van der Waals surface area contributed by atoms with Gasteiger partial charge < -0.3 is 10.8 Å². The van der Waals surface area contributed by atoms with E-state index in [1.54, 1.807) is 18.2 Å². The molecule has 1 aromatic carbocycles. The van der Waals surface area contributed by atoms with Crippen LogP contribution in [0.15, 0.2) is 18.2 Å². The van der Waals surface area contributed by atoms with E-state index in [2.05, 4.69) is 0 Å². The van der Waals surface area contributed by atoms with Crippen molar-refractivity contribution in [2.75, 3.05) is 0 Å². The first-order chi connectivity index (χ1) is 6.18. The van der Waals surface area contributed by atoms with Crippen molar-refractivity contribution in [2.24, 2.45) is 11.7 Å². The van der Waals surface area contributed by atoms with Crippen molar-refractivity contribution in [3.05, 3.63) is 28.8 Å². The highest BCUT2D eigenvalue weighted by atomic mass is 35.5. The zero-order valence-corrected chi connectivity index (χ0v) is 7.96. The predicted octanol–water partition coefficient (Wildman–Crippen LogP) is 2.46. The number of phenols is 1. The standard InChI is InChI=1S/C10H12ClNO/c11-9-4-3-7(13)5-8(9)10(12)6-1-2-6/h3-6,10,13H,1-2,12H2. The second kappa shape index (κ2) is 3.20. The predicted molar refractivity (Wildman–Crippen MR) is 52.8 cm³/mol. The number of benzene rings is 1. The Kier molecular flexibility index (Phi) is 2.18. The van der Waals surface area contributed by atoms with Crippen molar-refractivity contribution in [3.63, 3.8) is 0 Å². The smallest absolute Gasteiger partial charge is 0.116 e. The van der Waals surface area contributed by atoms with Crippen LogP contribution in [0.4, 0.5) is 0 Å². The third-order valence-electron chi connectivity index (χ3n) is 2.47. The van der Waals surface area contributed by atoms with Crippen LogP contribution in [0, 0.1) is 5.92 Å². The minimum Gasteiger partial charge on any atom is -0.508 e. The van der Waals surface area contributed by atoms with Crippen LogP contribution in [-0.4, -0.2) is 5.11 Å². The van der Waals surface area contributed by atoms with E-state index in [-0.39, 0.29) is 11.8 Å². The van der Waals surface area contributed by atoms with Gasteiger partial charge in [0.05, 0.1) is 0 Å². The molecule has 0 spiro atoms. The van der Waals surface area contributed by atoms with Crippen LogP contribution in [0.2, 0.25) is 5.02 Å². The van der Waals surface area contributed by atoms with E-state index in [1.165, 1.54) is 12.8 Å². The lowest BCUT2D eigenvalue weighted by Crippen LogP contribution is -2.12. The zero-order chi connectivity index (χ0) is 9.42. The molecule has 0 aromatic heterocycles. The van der Waals surface area contributed by atoms with Crippen molar-refractivity contribution in [1.82, 2.24) is 0 Å². The molecule has 3 N–H and O–H groups in total. The van der Waals surface area contributed by atoms with Gasteiger partial charge in [0, 0.05) is 11.1 Å². The maximum absolute atomic E-state index is 9.27. The van der Waals surface area contributed by atoms with E-state index in [0.717, 1.165) is 5.56 Å². The van der Waals surface area contributed by atoms with Crippen molar-refractivity contribution in [2.45, 2.75) is 18.9 Å². The van der Waals surface area contributed by atoms with E-state index >= 15 is 0 Å². The first kappa shape index (κ1) is 8.85. The molecule has 1 aliphatic rings. The molecule has 1 fully saturated rings. The SMILES string of the molecule is NC(c1cc(O)ccc1Cl)C1CC1. The van der Waals surface area contributed by atoms with Crippen molar-refractivity contribution in [1.29, 1.82) is 0 Å². The summed E-state index contributed by atoms with van der Waals surface area (Å²) in [5, 5.41) is 9.92. The topological polar surface area (TPSA) is 46.2 Å². The van der Waals surface area contributed by atoms with Gasteiger partial charge in [0.25, 0.3) is 0 Å². The molecule has 0 amide bonds. The number of rotatable bonds is 2. The Morgan fingerprint density at radius 1 is 1.46 bits per heavy atom. The average molecular weight is 198 g/mol. The molecule has 0 radical (unpaired) electrons. The minimum absolute atomic E-state index is 0.0143. The fraction of sp³-hybridized carbons (Fsp3) is 0.400. The normalized spacial score (nSPS) is 18.6. The number of hydrogen-bond acceptors (Lipinski definition) is 2. The fourth-order valence-electron chi connectivity index (χ4n) is 1.50. The molecule has 1 aliphatic carbocycles. The number of aromatic hydroxyl groups is 1. The molecule has 1 atom stereocenters. The highest BCUT2D eigenvalue weighted by Crippen LogP contribution is 2.41. The molecule has 0 saturated heterocycles. The first-order valence-corrected chi connectivity index (χ1v) is 4.80. The Bertz CT molecular complexity index is 323. The average Bonchev–Trinajstić information content (AvgIpc) is 2.91. The molecule has 1 aromatic rings. The summed E-state index contributed by atoms with van der Waals surface area (Å²) in [6, 6.07) is 4.91. The molecule has 70 valence electrons. The number of hydrogen-bond donors (Lipinski definition) is 2. The molecular formula is C10H12ClNO. The number of halogens is 1. The quantitative estimate of drug-likeness (QED) is 0.765. The van der Waals surface area contributed by atoms with Gasteiger partial charge in [0.1, 0.15) is 5.75 Å². The van der Waals surface area contributed by atoms with E-state index in [9.17, 15) is 5.11 Å². The molecule has 1 unspecified atom stereocenters. The largest absolute Gasteiger partial charge is 0.508 e. The molecule has 3 heteroatoms. The lowest BCUT2D eigenvalue weighted by Gasteiger charge is -2.12. The van der Waals surface area contributed by atoms with Gasteiger partial charge in [-0.2, -0.15) is 0 Å². The van der Waals surface area contributed by atoms with Gasteiger partial charge >= 0.3 is 0 Å². The first-order valence-electron chi connectivity index (χ1n) is 4.42. The van der Waals surface area contributed by atoms with Crippen LogP contribution in [0.5, 0.6) is 5.75 Å². The van der Waals surface area contributed by atoms with Crippen molar-refractivity contribution >= 4 is 11.6 Å². The lowest BCUT2D eigenvalue weighted by molar-refractivity contribution is 0.473. The summed E-state index contributed by atoms with van der Waals surface area (Å²) in [4.78, 5) is 0. The van der Waals surface area contributed by atoms with Crippen LogP contribution >= 0.6 is 11.6 Å². The second-order valence-electron chi connectivity index (χ2n) is 3.57.